The van der Waals surface area contributed by atoms with Gasteiger partial charge in [0.2, 0.25) is 5.91 Å². The molecule has 0 unspecified atom stereocenters. The number of hydrogen-bond acceptors (Lipinski definition) is 1. The van der Waals surface area contributed by atoms with Crippen LogP contribution in [0.1, 0.15) is 18.4 Å². The van der Waals surface area contributed by atoms with Crippen LogP contribution >= 0.6 is 0 Å². The van der Waals surface area contributed by atoms with Gasteiger partial charge in [-0.25, -0.2) is 0 Å². The molecule has 0 atom stereocenters. The fourth-order valence-electron chi connectivity index (χ4n) is 2.02. The molecule has 1 aromatic heterocycles. The first-order valence-corrected chi connectivity index (χ1v) is 6.34. The Morgan fingerprint density at radius 3 is 2.75 bits per heavy atom. The van der Waals surface area contributed by atoms with Crippen LogP contribution in [0.4, 0.5) is 13.2 Å². The second-order valence-corrected chi connectivity index (χ2v) is 4.57. The zero-order valence-corrected chi connectivity index (χ0v) is 10.8. The number of benzene rings is 1. The lowest BCUT2D eigenvalue weighted by atomic mass is 10.1. The molecular formula is C14H15F3N2O. The summed E-state index contributed by atoms with van der Waals surface area (Å²) in [6.07, 6.45) is -2.72. The Morgan fingerprint density at radius 1 is 1.25 bits per heavy atom. The summed E-state index contributed by atoms with van der Waals surface area (Å²) < 4.78 is 35.8. The third-order valence-electron chi connectivity index (χ3n) is 3.03. The van der Waals surface area contributed by atoms with E-state index in [1.807, 2.05) is 30.5 Å². The minimum absolute atomic E-state index is 0.180. The molecule has 0 bridgehead atoms. The third kappa shape index (κ3) is 4.01. The minimum atomic E-state index is -4.23. The molecule has 0 spiro atoms. The van der Waals surface area contributed by atoms with Crippen LogP contribution in [0.2, 0.25) is 0 Å². The van der Waals surface area contributed by atoms with Gasteiger partial charge in [0.1, 0.15) is 0 Å². The number of rotatable bonds is 5. The van der Waals surface area contributed by atoms with Crippen LogP contribution in [-0.4, -0.2) is 23.6 Å². The van der Waals surface area contributed by atoms with Gasteiger partial charge in [0.15, 0.2) is 0 Å². The number of carbonyl (C=O) groups is 1. The summed E-state index contributed by atoms with van der Waals surface area (Å²) in [5, 5.41) is 3.32. The van der Waals surface area contributed by atoms with E-state index in [9.17, 15) is 18.0 Å². The van der Waals surface area contributed by atoms with Gasteiger partial charge in [0.05, 0.1) is 6.42 Å². The van der Waals surface area contributed by atoms with E-state index in [4.69, 9.17) is 0 Å². The van der Waals surface area contributed by atoms with Gasteiger partial charge in [-0.15, -0.1) is 0 Å². The third-order valence-corrected chi connectivity index (χ3v) is 3.03. The van der Waals surface area contributed by atoms with Crippen molar-refractivity contribution in [3.63, 3.8) is 0 Å². The molecule has 0 saturated heterocycles. The van der Waals surface area contributed by atoms with Crippen molar-refractivity contribution in [1.82, 2.24) is 10.3 Å². The minimum Gasteiger partial charge on any atom is -0.361 e. The van der Waals surface area contributed by atoms with Gasteiger partial charge in [-0.3, -0.25) is 4.79 Å². The highest BCUT2D eigenvalue weighted by Gasteiger charge is 2.26. The molecule has 0 saturated carbocycles. The number of fused-ring (bicyclic) bond motifs is 1. The zero-order chi connectivity index (χ0) is 14.6. The number of halogens is 3. The van der Waals surface area contributed by atoms with Crippen molar-refractivity contribution >= 4 is 16.8 Å². The van der Waals surface area contributed by atoms with Crippen LogP contribution in [0.5, 0.6) is 0 Å². The van der Waals surface area contributed by atoms with Crippen molar-refractivity contribution in [2.45, 2.75) is 25.4 Å². The maximum absolute atomic E-state index is 11.9. The zero-order valence-electron chi connectivity index (χ0n) is 10.8. The number of alkyl halides is 3. The molecule has 20 heavy (non-hydrogen) atoms. The van der Waals surface area contributed by atoms with Gasteiger partial charge in [0, 0.05) is 30.1 Å². The first-order valence-electron chi connectivity index (χ1n) is 6.34. The Labute approximate surface area is 114 Å². The molecule has 6 heteroatoms. The van der Waals surface area contributed by atoms with E-state index in [1.165, 1.54) is 0 Å². The number of para-hydroxylation sites is 1. The topological polar surface area (TPSA) is 44.9 Å². The van der Waals surface area contributed by atoms with E-state index < -0.39 is 12.6 Å². The Balaban J connectivity index is 1.82. The summed E-state index contributed by atoms with van der Waals surface area (Å²) in [6.45, 7) is -0.365. The number of H-pyrrole nitrogens is 1. The van der Waals surface area contributed by atoms with Gasteiger partial charge in [0.25, 0.3) is 0 Å². The van der Waals surface area contributed by atoms with Crippen LogP contribution in [0, 0.1) is 0 Å². The maximum Gasteiger partial charge on any atom is 0.390 e. The Hall–Kier alpha value is -1.98. The highest BCUT2D eigenvalue weighted by Crippen LogP contribution is 2.19. The largest absolute Gasteiger partial charge is 0.390 e. The lowest BCUT2D eigenvalue weighted by Crippen LogP contribution is -2.28. The average Bonchev–Trinajstić information content (AvgIpc) is 2.78. The highest BCUT2D eigenvalue weighted by atomic mass is 19.4. The average molecular weight is 284 g/mol. The van der Waals surface area contributed by atoms with Crippen LogP contribution in [-0.2, 0) is 11.2 Å². The molecule has 2 N–H and O–H groups in total. The first kappa shape index (κ1) is 14.4. The summed E-state index contributed by atoms with van der Waals surface area (Å²) in [4.78, 5) is 14.6. The predicted octanol–water partition coefficient (Wildman–Crippen LogP) is 3.17. The van der Waals surface area contributed by atoms with Crippen LogP contribution in [0.3, 0.4) is 0 Å². The summed E-state index contributed by atoms with van der Waals surface area (Å²) in [7, 11) is 0. The Kier molecular flexibility index (Phi) is 4.32. The molecule has 108 valence electrons. The van der Waals surface area contributed by atoms with E-state index in [0.717, 1.165) is 16.5 Å². The number of amides is 1. The van der Waals surface area contributed by atoms with E-state index in [2.05, 4.69) is 10.3 Å². The second-order valence-electron chi connectivity index (χ2n) is 4.57. The molecule has 0 fully saturated rings. The molecule has 0 aliphatic rings. The smallest absolute Gasteiger partial charge is 0.361 e. The maximum atomic E-state index is 11.9. The van der Waals surface area contributed by atoms with E-state index in [1.54, 1.807) is 0 Å². The van der Waals surface area contributed by atoms with E-state index in [-0.39, 0.29) is 18.9 Å². The molecule has 3 nitrogen and oxygen atoms in total. The first-order chi connectivity index (χ1) is 9.46. The fraction of sp³-hybridized carbons (Fsp3) is 0.357. The monoisotopic (exact) mass is 284 g/mol. The van der Waals surface area contributed by atoms with Gasteiger partial charge in [-0.05, 0) is 18.1 Å². The number of aromatic nitrogens is 1. The van der Waals surface area contributed by atoms with Gasteiger partial charge < -0.3 is 10.3 Å². The highest BCUT2D eigenvalue weighted by molar-refractivity contribution is 5.84. The molecule has 2 aromatic rings. The van der Waals surface area contributed by atoms with Gasteiger partial charge in [-0.2, -0.15) is 13.2 Å². The van der Waals surface area contributed by atoms with Crippen molar-refractivity contribution in [3.05, 3.63) is 36.0 Å². The molecule has 0 aliphatic carbocycles. The lowest BCUT2D eigenvalue weighted by Gasteiger charge is -2.07. The number of aromatic amines is 1. The molecule has 1 aromatic carbocycles. The normalized spacial score (nSPS) is 11.8. The molecule has 1 heterocycles. The summed E-state index contributed by atoms with van der Waals surface area (Å²) in [6, 6.07) is 7.69. The van der Waals surface area contributed by atoms with E-state index in [0.29, 0.717) is 6.42 Å². The number of nitrogens with one attached hydrogen (secondary N) is 2. The number of hydrogen-bond donors (Lipinski definition) is 2. The van der Waals surface area contributed by atoms with Crippen molar-refractivity contribution in [1.29, 1.82) is 0 Å². The van der Waals surface area contributed by atoms with Crippen molar-refractivity contribution in [2.24, 2.45) is 0 Å². The predicted molar refractivity (Wildman–Crippen MR) is 70.3 cm³/mol. The Bertz CT molecular complexity index is 589. The summed E-state index contributed by atoms with van der Waals surface area (Å²) >= 11 is 0. The standard InChI is InChI=1S/C14H15F3N2O/c15-14(16,17)7-8-18-13(20)6-5-10-9-19-12-4-2-1-3-11(10)12/h1-4,9,19H,5-8H2,(H,18,20). The lowest BCUT2D eigenvalue weighted by molar-refractivity contribution is -0.135. The summed E-state index contributed by atoms with van der Waals surface area (Å²) in [5.41, 5.74) is 1.98. The fourth-order valence-corrected chi connectivity index (χ4v) is 2.02. The SMILES string of the molecule is O=C(CCc1c[nH]c2ccccc12)NCCC(F)(F)F. The van der Waals surface area contributed by atoms with Crippen molar-refractivity contribution < 1.29 is 18.0 Å². The molecular weight excluding hydrogens is 269 g/mol. The molecule has 0 aliphatic heterocycles. The van der Waals surface area contributed by atoms with Crippen molar-refractivity contribution in [2.75, 3.05) is 6.54 Å². The molecule has 2 rings (SSSR count). The number of carbonyl (C=O) groups excluding carboxylic acids is 1. The number of aryl methyl sites for hydroxylation is 1. The van der Waals surface area contributed by atoms with E-state index >= 15 is 0 Å². The second kappa shape index (κ2) is 5.98. The van der Waals surface area contributed by atoms with Crippen molar-refractivity contribution in [3.8, 4) is 0 Å². The quantitative estimate of drug-likeness (QED) is 0.870. The molecule has 0 radical (unpaired) electrons. The Morgan fingerprint density at radius 2 is 2.00 bits per heavy atom. The molecule has 1 amide bonds. The van der Waals surface area contributed by atoms with Gasteiger partial charge in [-0.1, -0.05) is 18.2 Å². The van der Waals surface area contributed by atoms with Gasteiger partial charge >= 0.3 is 6.18 Å². The van der Waals surface area contributed by atoms with Crippen LogP contribution < -0.4 is 5.32 Å². The summed E-state index contributed by atoms with van der Waals surface area (Å²) in [5.74, 6) is -0.362. The van der Waals surface area contributed by atoms with Crippen LogP contribution in [0.25, 0.3) is 10.9 Å². The van der Waals surface area contributed by atoms with Crippen LogP contribution in [0.15, 0.2) is 30.5 Å².